The Morgan fingerprint density at radius 3 is 2.32 bits per heavy atom. The van der Waals surface area contributed by atoms with E-state index in [0.717, 1.165) is 23.3 Å². The summed E-state index contributed by atoms with van der Waals surface area (Å²) in [5, 5.41) is 0.606. The van der Waals surface area contributed by atoms with Crippen LogP contribution in [-0.4, -0.2) is 20.8 Å². The molecule has 2 N–H and O–H groups in total. The molecule has 1 unspecified atom stereocenters. The van der Waals surface area contributed by atoms with Crippen molar-refractivity contribution >= 4 is 11.6 Å². The van der Waals surface area contributed by atoms with Crippen LogP contribution < -0.4 is 15.2 Å². The first-order valence-electron chi connectivity index (χ1n) is 7.26. The fraction of sp³-hybridized carbons (Fsp3) is 0.333. The molecule has 22 heavy (non-hydrogen) atoms. The predicted octanol–water partition coefficient (Wildman–Crippen LogP) is 3.95. The molecule has 0 aromatic heterocycles. The lowest BCUT2D eigenvalue weighted by atomic mass is 9.91. The Hall–Kier alpha value is -1.71. The zero-order valence-electron chi connectivity index (χ0n) is 13.2. The summed E-state index contributed by atoms with van der Waals surface area (Å²) >= 11 is 6.23. The molecule has 0 aliphatic carbocycles. The fourth-order valence-electron chi connectivity index (χ4n) is 2.61. The summed E-state index contributed by atoms with van der Waals surface area (Å²) in [7, 11) is 3.30. The molecule has 0 bridgehead atoms. The van der Waals surface area contributed by atoms with E-state index in [1.807, 2.05) is 30.3 Å². The molecule has 0 aliphatic rings. The maximum Gasteiger partial charge on any atom is 0.137 e. The molecular weight excluding hydrogens is 298 g/mol. The number of rotatable bonds is 6. The van der Waals surface area contributed by atoms with Crippen molar-refractivity contribution in [2.24, 2.45) is 5.73 Å². The monoisotopic (exact) mass is 319 g/mol. The number of hydrogen-bond donors (Lipinski definition) is 1. The zero-order valence-corrected chi connectivity index (χ0v) is 14.0. The summed E-state index contributed by atoms with van der Waals surface area (Å²) in [5.41, 5.74) is 9.46. The van der Waals surface area contributed by atoms with Crippen LogP contribution in [0.15, 0.2) is 36.4 Å². The number of hydrogen-bond acceptors (Lipinski definition) is 3. The van der Waals surface area contributed by atoms with Crippen LogP contribution in [-0.2, 0) is 6.42 Å². The highest BCUT2D eigenvalue weighted by atomic mass is 35.5. The zero-order chi connectivity index (χ0) is 16.1. The van der Waals surface area contributed by atoms with Gasteiger partial charge in [-0.1, -0.05) is 35.4 Å². The Balaban J connectivity index is 2.29. The van der Waals surface area contributed by atoms with Crippen molar-refractivity contribution in [3.8, 4) is 11.5 Å². The van der Waals surface area contributed by atoms with Crippen molar-refractivity contribution in [3.05, 3.63) is 58.1 Å². The second-order valence-corrected chi connectivity index (χ2v) is 5.75. The average molecular weight is 320 g/mol. The predicted molar refractivity (Wildman–Crippen MR) is 91.2 cm³/mol. The molecule has 4 heteroatoms. The van der Waals surface area contributed by atoms with E-state index in [9.17, 15) is 0 Å². The molecule has 0 radical (unpaired) electrons. The van der Waals surface area contributed by atoms with Gasteiger partial charge in [-0.15, -0.1) is 0 Å². The quantitative estimate of drug-likeness (QED) is 0.876. The van der Waals surface area contributed by atoms with Gasteiger partial charge in [-0.2, -0.15) is 0 Å². The van der Waals surface area contributed by atoms with E-state index >= 15 is 0 Å². The molecule has 0 saturated heterocycles. The Labute approximate surface area is 137 Å². The number of methoxy groups -OCH3 is 2. The van der Waals surface area contributed by atoms with Crippen molar-refractivity contribution in [1.82, 2.24) is 0 Å². The Morgan fingerprint density at radius 1 is 1.05 bits per heavy atom. The standard InChI is InChI=1S/C18H22ClNO2/c1-12-4-6-17(21-2)14(8-12)9-15(11-20)13-5-7-18(22-3)16(19)10-13/h4-8,10,15H,9,11,20H2,1-3H3. The van der Waals surface area contributed by atoms with Gasteiger partial charge < -0.3 is 15.2 Å². The lowest BCUT2D eigenvalue weighted by molar-refractivity contribution is 0.407. The molecule has 0 fully saturated rings. The summed E-state index contributed by atoms with van der Waals surface area (Å²) in [6.45, 7) is 2.62. The molecule has 0 saturated carbocycles. The highest BCUT2D eigenvalue weighted by Gasteiger charge is 2.15. The number of halogens is 1. The molecule has 2 aromatic rings. The summed E-state index contributed by atoms with van der Waals surface area (Å²) in [6, 6.07) is 12.0. The van der Waals surface area contributed by atoms with Gasteiger partial charge >= 0.3 is 0 Å². The molecule has 1 atom stereocenters. The lowest BCUT2D eigenvalue weighted by Gasteiger charge is -2.18. The molecule has 0 heterocycles. The Bertz CT molecular complexity index is 643. The van der Waals surface area contributed by atoms with Gasteiger partial charge in [0, 0.05) is 5.92 Å². The van der Waals surface area contributed by atoms with Crippen LogP contribution in [0.4, 0.5) is 0 Å². The normalized spacial score (nSPS) is 12.0. The maximum atomic E-state index is 6.23. The van der Waals surface area contributed by atoms with Crippen LogP contribution in [0.2, 0.25) is 5.02 Å². The average Bonchev–Trinajstić information content (AvgIpc) is 2.52. The Kier molecular flexibility index (Phi) is 5.69. The van der Waals surface area contributed by atoms with Crippen molar-refractivity contribution < 1.29 is 9.47 Å². The second kappa shape index (κ2) is 7.52. The third kappa shape index (κ3) is 3.73. The van der Waals surface area contributed by atoms with Crippen LogP contribution >= 0.6 is 11.6 Å². The van der Waals surface area contributed by atoms with E-state index in [1.54, 1.807) is 14.2 Å². The molecule has 0 spiro atoms. The number of nitrogens with two attached hydrogens (primary N) is 1. The van der Waals surface area contributed by atoms with E-state index < -0.39 is 0 Å². The van der Waals surface area contributed by atoms with E-state index in [-0.39, 0.29) is 5.92 Å². The van der Waals surface area contributed by atoms with Gasteiger partial charge in [-0.25, -0.2) is 0 Å². The van der Waals surface area contributed by atoms with Gasteiger partial charge in [0.05, 0.1) is 19.2 Å². The summed E-state index contributed by atoms with van der Waals surface area (Å²) in [4.78, 5) is 0. The molecular formula is C18H22ClNO2. The smallest absolute Gasteiger partial charge is 0.137 e. The summed E-state index contributed by atoms with van der Waals surface area (Å²) in [6.07, 6.45) is 0.810. The summed E-state index contributed by atoms with van der Waals surface area (Å²) in [5.74, 6) is 1.75. The largest absolute Gasteiger partial charge is 0.496 e. The first-order valence-corrected chi connectivity index (χ1v) is 7.63. The fourth-order valence-corrected chi connectivity index (χ4v) is 2.87. The highest BCUT2D eigenvalue weighted by Crippen LogP contribution is 2.31. The van der Waals surface area contributed by atoms with Crippen LogP contribution in [0.1, 0.15) is 22.6 Å². The highest BCUT2D eigenvalue weighted by molar-refractivity contribution is 6.32. The number of benzene rings is 2. The van der Waals surface area contributed by atoms with E-state index in [4.69, 9.17) is 26.8 Å². The van der Waals surface area contributed by atoms with Crippen molar-refractivity contribution in [2.75, 3.05) is 20.8 Å². The molecule has 0 aliphatic heterocycles. The molecule has 0 amide bonds. The molecule has 3 nitrogen and oxygen atoms in total. The van der Waals surface area contributed by atoms with Gasteiger partial charge in [0.2, 0.25) is 0 Å². The van der Waals surface area contributed by atoms with Gasteiger partial charge in [0.25, 0.3) is 0 Å². The molecule has 118 valence electrons. The molecule has 2 rings (SSSR count). The first kappa shape index (κ1) is 16.7. The minimum atomic E-state index is 0.180. The van der Waals surface area contributed by atoms with E-state index in [1.165, 1.54) is 5.56 Å². The van der Waals surface area contributed by atoms with Crippen molar-refractivity contribution in [1.29, 1.82) is 0 Å². The van der Waals surface area contributed by atoms with Crippen LogP contribution in [0.5, 0.6) is 11.5 Å². The lowest BCUT2D eigenvalue weighted by Crippen LogP contribution is -2.15. The third-order valence-corrected chi connectivity index (χ3v) is 4.13. The van der Waals surface area contributed by atoms with Crippen LogP contribution in [0.3, 0.4) is 0 Å². The van der Waals surface area contributed by atoms with E-state index in [2.05, 4.69) is 13.0 Å². The Morgan fingerprint density at radius 2 is 1.73 bits per heavy atom. The maximum absolute atomic E-state index is 6.23. The van der Waals surface area contributed by atoms with Gasteiger partial charge in [0.1, 0.15) is 11.5 Å². The second-order valence-electron chi connectivity index (χ2n) is 5.35. The number of aryl methyl sites for hydroxylation is 1. The van der Waals surface area contributed by atoms with Gasteiger partial charge in [-0.3, -0.25) is 0 Å². The van der Waals surface area contributed by atoms with Crippen LogP contribution in [0, 0.1) is 6.92 Å². The van der Waals surface area contributed by atoms with Gasteiger partial charge in [0.15, 0.2) is 0 Å². The SMILES string of the molecule is COc1ccc(C(CN)Cc2cc(C)ccc2OC)cc1Cl. The first-order chi connectivity index (χ1) is 10.6. The van der Waals surface area contributed by atoms with Crippen LogP contribution in [0.25, 0.3) is 0 Å². The molecule has 2 aromatic carbocycles. The van der Waals surface area contributed by atoms with Gasteiger partial charge in [-0.05, 0) is 49.2 Å². The third-order valence-electron chi connectivity index (χ3n) is 3.83. The minimum absolute atomic E-state index is 0.180. The minimum Gasteiger partial charge on any atom is -0.496 e. The topological polar surface area (TPSA) is 44.5 Å². The summed E-state index contributed by atoms with van der Waals surface area (Å²) < 4.78 is 10.7. The van der Waals surface area contributed by atoms with E-state index in [0.29, 0.717) is 17.3 Å². The number of ether oxygens (including phenoxy) is 2. The van der Waals surface area contributed by atoms with Crippen molar-refractivity contribution in [3.63, 3.8) is 0 Å². The van der Waals surface area contributed by atoms with Crippen molar-refractivity contribution in [2.45, 2.75) is 19.3 Å².